The van der Waals surface area contributed by atoms with E-state index in [0.29, 0.717) is 51.0 Å². The van der Waals surface area contributed by atoms with E-state index in [9.17, 15) is 19.1 Å². The van der Waals surface area contributed by atoms with E-state index in [-0.39, 0.29) is 22.3 Å². The van der Waals surface area contributed by atoms with Crippen molar-refractivity contribution in [3.05, 3.63) is 99.8 Å². The van der Waals surface area contributed by atoms with Crippen molar-refractivity contribution >= 4 is 57.3 Å². The molecule has 4 aromatic rings. The monoisotopic (exact) mass is 653 g/mol. The van der Waals surface area contributed by atoms with Gasteiger partial charge >= 0.3 is 5.91 Å². The number of halogens is 2. The summed E-state index contributed by atoms with van der Waals surface area (Å²) >= 11 is 8.57. The molecule has 12 heteroatoms. The number of carbonyl (C=O) groups is 2. The van der Waals surface area contributed by atoms with Gasteiger partial charge < -0.3 is 14.6 Å². The number of thioether (sulfide) groups is 1. The first-order valence-corrected chi connectivity index (χ1v) is 16.2. The molecule has 1 aromatic heterocycles. The lowest BCUT2D eigenvalue weighted by atomic mass is 9.95. The smallest absolute Gasteiger partial charge is 0.301 e. The first kappa shape index (κ1) is 31.5. The average molecular weight is 654 g/mol. The second-order valence-electron chi connectivity index (χ2n) is 9.78. The number of Topliss-reactive ketones (excluding diaryl/α,β-unsaturated/α-hetero) is 1. The number of carbonyl (C=O) groups excluding carboxylic acids is 2. The first-order valence-electron chi connectivity index (χ1n) is 14.0. The van der Waals surface area contributed by atoms with Crippen LogP contribution >= 0.6 is 34.7 Å². The Bertz CT molecular complexity index is 1680. The van der Waals surface area contributed by atoms with Gasteiger partial charge in [-0.15, -0.1) is 10.2 Å². The third kappa shape index (κ3) is 6.90. The van der Waals surface area contributed by atoms with Gasteiger partial charge in [0.2, 0.25) is 5.13 Å². The van der Waals surface area contributed by atoms with Crippen LogP contribution in [-0.2, 0) is 15.3 Å². The van der Waals surface area contributed by atoms with Crippen LogP contribution in [0.5, 0.6) is 11.5 Å². The number of nitrogens with zero attached hydrogens (tertiary/aromatic N) is 3. The molecule has 0 saturated carbocycles. The summed E-state index contributed by atoms with van der Waals surface area (Å²) in [5.74, 6) is -0.883. The number of ketones is 1. The van der Waals surface area contributed by atoms with Gasteiger partial charge in [0.05, 0.1) is 24.8 Å². The number of amides is 1. The van der Waals surface area contributed by atoms with Crippen molar-refractivity contribution in [1.82, 2.24) is 10.2 Å². The van der Waals surface area contributed by atoms with Gasteiger partial charge in [0.15, 0.2) is 15.8 Å². The third-order valence-corrected chi connectivity index (χ3v) is 9.16. The highest BCUT2D eigenvalue weighted by atomic mass is 35.5. The lowest BCUT2D eigenvalue weighted by Gasteiger charge is -2.23. The number of unbranched alkanes of at least 4 members (excludes halogenated alkanes) is 1. The zero-order valence-corrected chi connectivity index (χ0v) is 26.3. The van der Waals surface area contributed by atoms with Crippen molar-refractivity contribution in [2.75, 3.05) is 18.1 Å². The fourth-order valence-electron chi connectivity index (χ4n) is 4.60. The predicted molar refractivity (Wildman–Crippen MR) is 170 cm³/mol. The second-order valence-corrected chi connectivity index (χ2v) is 12.4. The number of anilines is 1. The van der Waals surface area contributed by atoms with E-state index in [2.05, 4.69) is 17.1 Å². The van der Waals surface area contributed by atoms with Gasteiger partial charge in [-0.3, -0.25) is 14.5 Å². The summed E-state index contributed by atoms with van der Waals surface area (Å²) in [6, 6.07) is 16.6. The lowest BCUT2D eigenvalue weighted by molar-refractivity contribution is -0.132. The number of hydrogen-bond acceptors (Lipinski definition) is 9. The normalized spacial score (nSPS) is 16.0. The minimum Gasteiger partial charge on any atom is -0.507 e. The Labute approximate surface area is 267 Å². The first-order chi connectivity index (χ1) is 21.3. The molecule has 2 heterocycles. The molecule has 1 aliphatic rings. The van der Waals surface area contributed by atoms with Gasteiger partial charge in [-0.05, 0) is 73.0 Å². The molecule has 44 heavy (non-hydrogen) atoms. The fraction of sp³-hybridized carbons (Fsp3) is 0.250. The molecular weight excluding hydrogens is 625 g/mol. The van der Waals surface area contributed by atoms with Crippen LogP contribution in [0.25, 0.3) is 5.76 Å². The Morgan fingerprint density at radius 1 is 1.02 bits per heavy atom. The summed E-state index contributed by atoms with van der Waals surface area (Å²) in [4.78, 5) is 28.4. The van der Waals surface area contributed by atoms with E-state index in [0.717, 1.165) is 29.7 Å². The number of aliphatic hydroxyl groups is 1. The van der Waals surface area contributed by atoms with E-state index >= 15 is 0 Å². The summed E-state index contributed by atoms with van der Waals surface area (Å²) in [6.45, 7) is 4.79. The van der Waals surface area contributed by atoms with E-state index in [4.69, 9.17) is 21.1 Å². The van der Waals surface area contributed by atoms with Crippen molar-refractivity contribution in [3.8, 4) is 11.5 Å². The standard InChI is InChI=1S/C32H29ClFN3O5S2/c1-3-5-16-42-24-15-10-21(17-25(24)41-4-2)27-26(28(38)20-8-11-22(33)12-9-20)29(39)30(40)37(27)31-35-36-32(44-31)43-18-19-6-13-23(34)14-7-19/h6-15,17,27,38H,3-5,16,18H2,1-2H3. The Balaban J connectivity index is 1.56. The SMILES string of the molecule is CCCCOc1ccc(C2C(=C(O)c3ccc(Cl)cc3)C(=O)C(=O)N2c2nnc(SCc3ccc(F)cc3)s2)cc1OCC. The van der Waals surface area contributed by atoms with Gasteiger partial charge in [-0.2, -0.15) is 0 Å². The maximum absolute atomic E-state index is 13.6. The molecule has 1 fully saturated rings. The molecule has 5 rings (SSSR count). The van der Waals surface area contributed by atoms with E-state index in [1.165, 1.54) is 28.8 Å². The number of benzene rings is 3. The Kier molecular flexibility index (Phi) is 10.2. The molecular formula is C32H29ClFN3O5S2. The Hall–Kier alpha value is -3.93. The minimum atomic E-state index is -1.03. The topological polar surface area (TPSA) is 102 Å². The zero-order chi connectivity index (χ0) is 31.2. The predicted octanol–water partition coefficient (Wildman–Crippen LogP) is 7.83. The molecule has 0 radical (unpaired) electrons. The van der Waals surface area contributed by atoms with Crippen molar-refractivity contribution in [2.24, 2.45) is 0 Å². The van der Waals surface area contributed by atoms with Crippen LogP contribution in [0.15, 0.2) is 76.6 Å². The van der Waals surface area contributed by atoms with E-state index in [1.807, 2.05) is 6.92 Å². The molecule has 0 bridgehead atoms. The van der Waals surface area contributed by atoms with Gasteiger partial charge in [-0.25, -0.2) is 4.39 Å². The van der Waals surface area contributed by atoms with Crippen LogP contribution in [0, 0.1) is 5.82 Å². The minimum absolute atomic E-state index is 0.102. The summed E-state index contributed by atoms with van der Waals surface area (Å²) in [7, 11) is 0. The van der Waals surface area contributed by atoms with Gasteiger partial charge in [-0.1, -0.05) is 66.2 Å². The summed E-state index contributed by atoms with van der Waals surface area (Å²) in [5, 5.41) is 20.6. The molecule has 1 N–H and O–H groups in total. The molecule has 0 spiro atoms. The second kappa shape index (κ2) is 14.2. The third-order valence-electron chi connectivity index (χ3n) is 6.78. The van der Waals surface area contributed by atoms with Crippen LogP contribution in [0.3, 0.4) is 0 Å². The molecule has 228 valence electrons. The number of rotatable bonds is 12. The molecule has 1 saturated heterocycles. The van der Waals surface area contributed by atoms with Crippen LogP contribution < -0.4 is 14.4 Å². The summed E-state index contributed by atoms with van der Waals surface area (Å²) in [5.41, 5.74) is 1.63. The average Bonchev–Trinajstić information content (AvgIpc) is 3.59. The van der Waals surface area contributed by atoms with Crippen molar-refractivity contribution in [3.63, 3.8) is 0 Å². The highest BCUT2D eigenvalue weighted by molar-refractivity contribution is 8.00. The van der Waals surface area contributed by atoms with E-state index in [1.54, 1.807) is 54.6 Å². The van der Waals surface area contributed by atoms with E-state index < -0.39 is 17.7 Å². The number of aliphatic hydroxyl groups excluding tert-OH is 1. The number of hydrogen-bond donors (Lipinski definition) is 1. The Morgan fingerprint density at radius 2 is 1.77 bits per heavy atom. The van der Waals surface area contributed by atoms with Crippen LogP contribution in [0.2, 0.25) is 5.02 Å². The molecule has 3 aromatic carbocycles. The Morgan fingerprint density at radius 3 is 2.48 bits per heavy atom. The maximum atomic E-state index is 13.6. The number of ether oxygens (including phenoxy) is 2. The highest BCUT2D eigenvalue weighted by Crippen LogP contribution is 2.45. The van der Waals surface area contributed by atoms with Gasteiger partial charge in [0.25, 0.3) is 5.78 Å². The largest absolute Gasteiger partial charge is 0.507 e. The summed E-state index contributed by atoms with van der Waals surface area (Å²) < 4.78 is 25.7. The molecule has 8 nitrogen and oxygen atoms in total. The maximum Gasteiger partial charge on any atom is 0.301 e. The van der Waals surface area contributed by atoms with Crippen molar-refractivity contribution in [1.29, 1.82) is 0 Å². The zero-order valence-electron chi connectivity index (χ0n) is 24.0. The molecule has 1 amide bonds. The van der Waals surface area contributed by atoms with Crippen LogP contribution in [0.4, 0.5) is 9.52 Å². The fourth-order valence-corrected chi connectivity index (χ4v) is 6.55. The summed E-state index contributed by atoms with van der Waals surface area (Å²) in [6.07, 6.45) is 1.83. The molecule has 1 aliphatic heterocycles. The van der Waals surface area contributed by atoms with Crippen LogP contribution in [0.1, 0.15) is 49.4 Å². The van der Waals surface area contributed by atoms with Crippen molar-refractivity contribution in [2.45, 2.75) is 42.8 Å². The number of aromatic nitrogens is 2. The molecule has 0 aliphatic carbocycles. The highest BCUT2D eigenvalue weighted by Gasteiger charge is 2.48. The molecule has 1 unspecified atom stereocenters. The van der Waals surface area contributed by atoms with Gasteiger partial charge in [0, 0.05) is 16.3 Å². The molecule has 1 atom stereocenters. The van der Waals surface area contributed by atoms with Crippen molar-refractivity contribution < 1.29 is 28.6 Å². The van der Waals surface area contributed by atoms with Gasteiger partial charge in [0.1, 0.15) is 11.6 Å². The van der Waals surface area contributed by atoms with Crippen LogP contribution in [-0.4, -0.2) is 40.2 Å². The lowest BCUT2D eigenvalue weighted by Crippen LogP contribution is -2.29. The quantitative estimate of drug-likeness (QED) is 0.0412.